The summed E-state index contributed by atoms with van der Waals surface area (Å²) in [6.07, 6.45) is 4.73. The number of hydrogen-bond acceptors (Lipinski definition) is 5. The summed E-state index contributed by atoms with van der Waals surface area (Å²) in [7, 11) is 3.78. The van der Waals surface area contributed by atoms with E-state index in [1.807, 2.05) is 20.3 Å². The largest absolute Gasteiger partial charge is 0.372 e. The normalized spacial score (nSPS) is 11.1. The number of fused-ring (bicyclic) bond motifs is 1. The molecule has 6 heteroatoms. The molecule has 0 amide bonds. The minimum Gasteiger partial charge on any atom is -0.372 e. The summed E-state index contributed by atoms with van der Waals surface area (Å²) in [6, 6.07) is 2.17. The molecule has 98 valence electrons. The van der Waals surface area contributed by atoms with E-state index in [-0.39, 0.29) is 0 Å². The summed E-state index contributed by atoms with van der Waals surface area (Å²) in [5.41, 5.74) is 0.937. The third kappa shape index (κ3) is 2.08. The Labute approximate surface area is 115 Å². The molecule has 0 radical (unpaired) electrons. The van der Waals surface area contributed by atoms with Crippen LogP contribution < -0.4 is 5.32 Å². The zero-order valence-electron chi connectivity index (χ0n) is 11.1. The molecule has 5 nitrogen and oxygen atoms in total. The van der Waals surface area contributed by atoms with E-state index in [1.165, 1.54) is 4.88 Å². The molecule has 0 saturated heterocycles. The predicted molar refractivity (Wildman–Crippen MR) is 78.5 cm³/mol. The lowest BCUT2D eigenvalue weighted by molar-refractivity contribution is 0.768. The van der Waals surface area contributed by atoms with Gasteiger partial charge in [-0.2, -0.15) is 5.10 Å². The average molecular weight is 273 g/mol. The second-order valence-corrected chi connectivity index (χ2v) is 5.45. The summed E-state index contributed by atoms with van der Waals surface area (Å²) in [6.45, 7) is 2.15. The molecule has 1 N–H and O–H groups in total. The number of thiophene rings is 1. The number of aryl methyl sites for hydroxylation is 2. The number of anilines is 1. The molecule has 0 aliphatic rings. The summed E-state index contributed by atoms with van der Waals surface area (Å²) in [5.74, 6) is 1.59. The minimum atomic E-state index is 0.717. The van der Waals surface area contributed by atoms with Crippen LogP contribution in [0.1, 0.15) is 11.8 Å². The summed E-state index contributed by atoms with van der Waals surface area (Å²) < 4.78 is 1.76. The first kappa shape index (κ1) is 12.1. The fourth-order valence-electron chi connectivity index (χ4n) is 2.00. The van der Waals surface area contributed by atoms with Crippen LogP contribution in [-0.4, -0.2) is 26.8 Å². The van der Waals surface area contributed by atoms with Gasteiger partial charge >= 0.3 is 0 Å². The number of rotatable bonds is 3. The lowest BCUT2D eigenvalue weighted by Gasteiger charge is -2.03. The quantitative estimate of drug-likeness (QED) is 0.797. The average Bonchev–Trinajstić information content (AvgIpc) is 3.02. The van der Waals surface area contributed by atoms with Crippen LogP contribution in [-0.2, 0) is 13.5 Å². The first-order valence-electron chi connectivity index (χ1n) is 6.18. The van der Waals surface area contributed by atoms with Gasteiger partial charge in [0.1, 0.15) is 10.6 Å². The molecular formula is C13H15N5S. The van der Waals surface area contributed by atoms with Crippen molar-refractivity contribution in [3.63, 3.8) is 0 Å². The fraction of sp³-hybridized carbons (Fsp3) is 0.308. The summed E-state index contributed by atoms with van der Waals surface area (Å²) in [4.78, 5) is 11.6. The van der Waals surface area contributed by atoms with Crippen LogP contribution in [0.5, 0.6) is 0 Å². The van der Waals surface area contributed by atoms with Gasteiger partial charge in [0.2, 0.25) is 0 Å². The molecule has 3 aromatic rings. The van der Waals surface area contributed by atoms with E-state index >= 15 is 0 Å². The Bertz CT molecular complexity index is 728. The van der Waals surface area contributed by atoms with Crippen molar-refractivity contribution in [2.45, 2.75) is 13.3 Å². The van der Waals surface area contributed by atoms with E-state index in [0.717, 1.165) is 33.8 Å². The number of hydrogen-bond donors (Lipinski definition) is 1. The number of nitrogens with one attached hydrogen (secondary N) is 1. The highest BCUT2D eigenvalue weighted by molar-refractivity contribution is 7.18. The lowest BCUT2D eigenvalue weighted by atomic mass is 10.3. The topological polar surface area (TPSA) is 55.6 Å². The Morgan fingerprint density at radius 3 is 2.84 bits per heavy atom. The van der Waals surface area contributed by atoms with E-state index in [1.54, 1.807) is 22.2 Å². The fourth-order valence-corrected chi connectivity index (χ4v) is 2.97. The Hall–Kier alpha value is -1.95. The maximum Gasteiger partial charge on any atom is 0.166 e. The molecule has 3 rings (SSSR count). The second kappa shape index (κ2) is 4.62. The van der Waals surface area contributed by atoms with E-state index in [2.05, 4.69) is 33.4 Å². The van der Waals surface area contributed by atoms with E-state index in [4.69, 9.17) is 0 Å². The Morgan fingerprint density at radius 1 is 1.37 bits per heavy atom. The standard InChI is InChI=1S/C13H15N5S/c1-4-9-5-10-12(14-2)16-11(17-13(10)19-9)8-6-15-18(3)7-8/h5-7H,4H2,1-3H3,(H,14,16,17). The van der Waals surface area contributed by atoms with Crippen LogP contribution in [0.4, 0.5) is 5.82 Å². The van der Waals surface area contributed by atoms with E-state index < -0.39 is 0 Å². The summed E-state index contributed by atoms with van der Waals surface area (Å²) in [5, 5.41) is 8.42. The van der Waals surface area contributed by atoms with Crippen molar-refractivity contribution in [3.8, 4) is 11.4 Å². The van der Waals surface area contributed by atoms with Gasteiger partial charge in [0, 0.05) is 25.2 Å². The van der Waals surface area contributed by atoms with Gasteiger partial charge in [0.15, 0.2) is 5.82 Å². The maximum absolute atomic E-state index is 4.65. The van der Waals surface area contributed by atoms with Gasteiger partial charge in [0.05, 0.1) is 17.1 Å². The zero-order chi connectivity index (χ0) is 13.4. The molecule has 0 aliphatic carbocycles. The van der Waals surface area contributed by atoms with Crippen LogP contribution in [0.15, 0.2) is 18.5 Å². The maximum atomic E-state index is 4.65. The third-order valence-electron chi connectivity index (χ3n) is 2.99. The molecule has 19 heavy (non-hydrogen) atoms. The summed E-state index contributed by atoms with van der Waals surface area (Å²) >= 11 is 1.72. The first-order valence-corrected chi connectivity index (χ1v) is 7.00. The van der Waals surface area contributed by atoms with Crippen LogP contribution in [0.3, 0.4) is 0 Å². The molecule has 0 aromatic carbocycles. The van der Waals surface area contributed by atoms with Crippen LogP contribution in [0, 0.1) is 0 Å². The number of nitrogens with zero attached hydrogens (tertiary/aromatic N) is 4. The Balaban J connectivity index is 2.21. The van der Waals surface area contributed by atoms with Gasteiger partial charge in [-0.3, -0.25) is 4.68 Å². The van der Waals surface area contributed by atoms with Crippen molar-refractivity contribution < 1.29 is 0 Å². The van der Waals surface area contributed by atoms with Gasteiger partial charge in [-0.1, -0.05) is 6.92 Å². The predicted octanol–water partition coefficient (Wildman–Crippen LogP) is 2.70. The first-order chi connectivity index (χ1) is 9.21. The van der Waals surface area contributed by atoms with Gasteiger partial charge in [0.25, 0.3) is 0 Å². The monoisotopic (exact) mass is 273 g/mol. The van der Waals surface area contributed by atoms with Crippen molar-refractivity contribution in [1.82, 2.24) is 19.7 Å². The molecule has 3 aromatic heterocycles. The minimum absolute atomic E-state index is 0.717. The molecule has 0 unspecified atom stereocenters. The van der Waals surface area contributed by atoms with Gasteiger partial charge in [-0.05, 0) is 12.5 Å². The molecule has 0 aliphatic heterocycles. The smallest absolute Gasteiger partial charge is 0.166 e. The van der Waals surface area contributed by atoms with Crippen molar-refractivity contribution in [2.24, 2.45) is 7.05 Å². The Morgan fingerprint density at radius 2 is 2.21 bits per heavy atom. The van der Waals surface area contributed by atoms with Crippen molar-refractivity contribution >= 4 is 27.4 Å². The Kier molecular flexibility index (Phi) is 2.94. The molecule has 3 heterocycles. The van der Waals surface area contributed by atoms with Crippen LogP contribution in [0.25, 0.3) is 21.6 Å². The molecule has 0 spiro atoms. The van der Waals surface area contributed by atoms with Gasteiger partial charge < -0.3 is 5.32 Å². The number of aromatic nitrogens is 4. The third-order valence-corrected chi connectivity index (χ3v) is 4.17. The molecule has 0 saturated carbocycles. The highest BCUT2D eigenvalue weighted by Gasteiger charge is 2.12. The molecule has 0 bridgehead atoms. The van der Waals surface area contributed by atoms with E-state index in [9.17, 15) is 0 Å². The van der Waals surface area contributed by atoms with Crippen molar-refractivity contribution in [1.29, 1.82) is 0 Å². The van der Waals surface area contributed by atoms with Crippen molar-refractivity contribution in [3.05, 3.63) is 23.3 Å². The molecule has 0 fully saturated rings. The lowest BCUT2D eigenvalue weighted by Crippen LogP contribution is -1.96. The van der Waals surface area contributed by atoms with Crippen LogP contribution in [0.2, 0.25) is 0 Å². The second-order valence-electron chi connectivity index (χ2n) is 4.33. The molecular weight excluding hydrogens is 258 g/mol. The van der Waals surface area contributed by atoms with Crippen molar-refractivity contribution in [2.75, 3.05) is 12.4 Å². The highest BCUT2D eigenvalue weighted by Crippen LogP contribution is 2.31. The zero-order valence-corrected chi connectivity index (χ0v) is 12.0. The van der Waals surface area contributed by atoms with Crippen LogP contribution >= 0.6 is 11.3 Å². The molecule has 0 atom stereocenters. The SMILES string of the molecule is CCc1cc2c(NC)nc(-c3cnn(C)c3)nc2s1. The van der Waals surface area contributed by atoms with Gasteiger partial charge in [-0.15, -0.1) is 11.3 Å². The highest BCUT2D eigenvalue weighted by atomic mass is 32.1. The van der Waals surface area contributed by atoms with E-state index in [0.29, 0.717) is 0 Å². The van der Waals surface area contributed by atoms with Gasteiger partial charge in [-0.25, -0.2) is 9.97 Å².